The second-order valence-corrected chi connectivity index (χ2v) is 7.96. The highest BCUT2D eigenvalue weighted by atomic mass is 32.2. The van der Waals surface area contributed by atoms with Crippen LogP contribution in [-0.4, -0.2) is 28.1 Å². The van der Waals surface area contributed by atoms with Crippen LogP contribution in [0.2, 0.25) is 0 Å². The highest BCUT2D eigenvalue weighted by Gasteiger charge is 2.22. The molecule has 11 nitrogen and oxygen atoms in total. The molecule has 4 rings (SSSR count). The van der Waals surface area contributed by atoms with Crippen LogP contribution in [0, 0.1) is 21.4 Å². The second kappa shape index (κ2) is 7.48. The van der Waals surface area contributed by atoms with Crippen LogP contribution in [0.25, 0.3) is 16.7 Å². The maximum absolute atomic E-state index is 11.6. The molecule has 3 N–H and O–H groups in total. The minimum Gasteiger partial charge on any atom is -0.333 e. The Morgan fingerprint density at radius 1 is 1.16 bits per heavy atom. The maximum Gasteiger partial charge on any atom is 0.294 e. The molecule has 0 aliphatic rings. The molecule has 31 heavy (non-hydrogen) atoms. The van der Waals surface area contributed by atoms with E-state index in [1.807, 2.05) is 36.4 Å². The third kappa shape index (κ3) is 3.78. The number of nitrogens with zero attached hydrogens (tertiary/aromatic N) is 5. The van der Waals surface area contributed by atoms with Crippen molar-refractivity contribution in [1.29, 1.82) is 5.26 Å². The smallest absolute Gasteiger partial charge is 0.294 e. The van der Waals surface area contributed by atoms with Crippen molar-refractivity contribution >= 4 is 38.1 Å². The van der Waals surface area contributed by atoms with Gasteiger partial charge in [-0.15, -0.1) is 0 Å². The molecule has 2 aromatic heterocycles. The molecule has 12 heteroatoms. The van der Waals surface area contributed by atoms with E-state index >= 15 is 0 Å². The standard InChI is InChI=1S/C19H13N7O4S/c20-10-13-11-22-25(18-8-5-12-3-1-2-4-15(12)23-18)19(13)24-16-7-6-14(31(21,29)30)9-17(16)26(27)28/h1-9,11,24H,(H2,21,29,30). The van der Waals surface area contributed by atoms with E-state index in [2.05, 4.69) is 15.4 Å². The van der Waals surface area contributed by atoms with Crippen molar-refractivity contribution in [3.63, 3.8) is 0 Å². The fourth-order valence-corrected chi connectivity index (χ4v) is 3.50. The van der Waals surface area contributed by atoms with Gasteiger partial charge in [0.05, 0.1) is 21.5 Å². The number of benzene rings is 2. The van der Waals surface area contributed by atoms with Crippen molar-refractivity contribution in [2.75, 3.05) is 5.32 Å². The minimum atomic E-state index is -4.13. The lowest BCUT2D eigenvalue weighted by molar-refractivity contribution is -0.384. The zero-order chi connectivity index (χ0) is 22.2. The molecule has 0 unspecified atom stereocenters. The average Bonchev–Trinajstić information content (AvgIpc) is 3.15. The maximum atomic E-state index is 11.6. The van der Waals surface area contributed by atoms with Crippen LogP contribution in [0.1, 0.15) is 5.56 Å². The Morgan fingerprint density at radius 2 is 1.94 bits per heavy atom. The summed E-state index contributed by atoms with van der Waals surface area (Å²) < 4.78 is 24.4. The summed E-state index contributed by atoms with van der Waals surface area (Å²) in [6.07, 6.45) is 1.30. The molecular formula is C19H13N7O4S. The third-order valence-electron chi connectivity index (χ3n) is 4.44. The number of hydrogen-bond donors (Lipinski definition) is 2. The molecule has 0 amide bonds. The minimum absolute atomic E-state index is 0.0450. The summed E-state index contributed by atoms with van der Waals surface area (Å²) in [7, 11) is -4.13. The van der Waals surface area contributed by atoms with E-state index in [1.54, 1.807) is 6.07 Å². The van der Waals surface area contributed by atoms with Gasteiger partial charge in [0.2, 0.25) is 10.0 Å². The Morgan fingerprint density at radius 3 is 2.65 bits per heavy atom. The number of nitrogens with one attached hydrogen (secondary N) is 1. The number of fused-ring (bicyclic) bond motifs is 1. The van der Waals surface area contributed by atoms with Crippen molar-refractivity contribution in [2.24, 2.45) is 5.14 Å². The van der Waals surface area contributed by atoms with Crippen LogP contribution in [-0.2, 0) is 10.0 Å². The van der Waals surface area contributed by atoms with E-state index in [0.717, 1.165) is 17.5 Å². The largest absolute Gasteiger partial charge is 0.333 e. The zero-order valence-corrected chi connectivity index (χ0v) is 16.4. The topological polar surface area (TPSA) is 170 Å². The number of nitrogens with two attached hydrogens (primary N) is 1. The number of anilines is 2. The van der Waals surface area contributed by atoms with Crippen molar-refractivity contribution in [3.05, 3.63) is 76.5 Å². The lowest BCUT2D eigenvalue weighted by atomic mass is 10.2. The first kappa shape index (κ1) is 20.0. The quantitative estimate of drug-likeness (QED) is 0.356. The van der Waals surface area contributed by atoms with Crippen LogP contribution in [0.3, 0.4) is 0 Å². The molecular weight excluding hydrogens is 422 g/mol. The van der Waals surface area contributed by atoms with E-state index < -0.39 is 25.5 Å². The van der Waals surface area contributed by atoms with Crippen LogP contribution in [0.15, 0.2) is 65.7 Å². The van der Waals surface area contributed by atoms with Gasteiger partial charge in [0, 0.05) is 11.5 Å². The van der Waals surface area contributed by atoms with E-state index in [0.29, 0.717) is 11.3 Å². The predicted molar refractivity (Wildman–Crippen MR) is 111 cm³/mol. The molecule has 0 spiro atoms. The number of para-hydroxylation sites is 1. The molecule has 0 aliphatic carbocycles. The summed E-state index contributed by atoms with van der Waals surface area (Å²) in [5.74, 6) is 0.517. The molecule has 2 aromatic carbocycles. The van der Waals surface area contributed by atoms with E-state index in [9.17, 15) is 23.8 Å². The molecule has 0 radical (unpaired) electrons. The van der Waals surface area contributed by atoms with Crippen molar-refractivity contribution in [3.8, 4) is 11.9 Å². The number of aromatic nitrogens is 3. The van der Waals surface area contributed by atoms with Gasteiger partial charge in [0.15, 0.2) is 11.6 Å². The molecule has 0 bridgehead atoms. The monoisotopic (exact) mass is 435 g/mol. The Bertz CT molecular complexity index is 1490. The predicted octanol–water partition coefficient (Wildman–Crippen LogP) is 2.59. The van der Waals surface area contributed by atoms with Crippen LogP contribution in [0.4, 0.5) is 17.2 Å². The summed E-state index contributed by atoms with van der Waals surface area (Å²) in [6, 6.07) is 16.1. The second-order valence-electron chi connectivity index (χ2n) is 6.40. The van der Waals surface area contributed by atoms with Gasteiger partial charge in [-0.1, -0.05) is 18.2 Å². The zero-order valence-electron chi connectivity index (χ0n) is 15.6. The molecule has 2 heterocycles. The van der Waals surface area contributed by atoms with Gasteiger partial charge < -0.3 is 5.32 Å². The van der Waals surface area contributed by atoms with E-state index in [1.165, 1.54) is 16.9 Å². The third-order valence-corrected chi connectivity index (χ3v) is 5.35. The van der Waals surface area contributed by atoms with Gasteiger partial charge in [-0.2, -0.15) is 15.0 Å². The van der Waals surface area contributed by atoms with Gasteiger partial charge in [0.1, 0.15) is 17.3 Å². The summed E-state index contributed by atoms with van der Waals surface area (Å²) >= 11 is 0. The number of nitro benzene ring substituents is 1. The normalized spacial score (nSPS) is 11.2. The fourth-order valence-electron chi connectivity index (χ4n) is 2.97. The highest BCUT2D eigenvalue weighted by Crippen LogP contribution is 2.32. The summed E-state index contributed by atoms with van der Waals surface area (Å²) in [5.41, 5.74) is 0.231. The number of hydrogen-bond acceptors (Lipinski definition) is 8. The molecule has 0 aliphatic heterocycles. The van der Waals surface area contributed by atoms with E-state index in [4.69, 9.17) is 5.14 Å². The van der Waals surface area contributed by atoms with Crippen molar-refractivity contribution in [1.82, 2.24) is 14.8 Å². The van der Waals surface area contributed by atoms with Crippen LogP contribution >= 0.6 is 0 Å². The summed E-state index contributed by atoms with van der Waals surface area (Å²) in [5, 5.41) is 33.9. The van der Waals surface area contributed by atoms with Gasteiger partial charge in [0.25, 0.3) is 5.69 Å². The number of sulfonamides is 1. The average molecular weight is 435 g/mol. The Kier molecular flexibility index (Phi) is 4.82. The van der Waals surface area contributed by atoms with Crippen molar-refractivity contribution < 1.29 is 13.3 Å². The fraction of sp³-hybridized carbons (Fsp3) is 0. The number of nitriles is 1. The van der Waals surface area contributed by atoms with Gasteiger partial charge in [-0.05, 0) is 30.3 Å². The van der Waals surface area contributed by atoms with Crippen LogP contribution in [0.5, 0.6) is 0 Å². The lowest BCUT2D eigenvalue weighted by Crippen LogP contribution is -2.13. The SMILES string of the molecule is N#Cc1cnn(-c2ccc3ccccc3n2)c1Nc1ccc(S(N)(=O)=O)cc1[N+](=O)[O-]. The number of pyridine rings is 1. The van der Waals surface area contributed by atoms with Gasteiger partial charge in [-0.3, -0.25) is 10.1 Å². The molecule has 0 atom stereocenters. The Hall–Kier alpha value is -4.34. The molecule has 0 saturated heterocycles. The number of rotatable bonds is 5. The number of nitro groups is 1. The van der Waals surface area contributed by atoms with Gasteiger partial charge >= 0.3 is 0 Å². The summed E-state index contributed by atoms with van der Waals surface area (Å²) in [4.78, 5) is 14.9. The first-order chi connectivity index (χ1) is 14.8. The highest BCUT2D eigenvalue weighted by molar-refractivity contribution is 7.89. The van der Waals surface area contributed by atoms with Crippen molar-refractivity contribution in [2.45, 2.75) is 4.90 Å². The first-order valence-corrected chi connectivity index (χ1v) is 10.2. The lowest BCUT2D eigenvalue weighted by Gasteiger charge is -2.11. The first-order valence-electron chi connectivity index (χ1n) is 8.70. The number of primary sulfonamides is 1. The summed E-state index contributed by atoms with van der Waals surface area (Å²) in [6.45, 7) is 0. The Labute approximate surface area is 175 Å². The molecule has 4 aromatic rings. The van der Waals surface area contributed by atoms with E-state index in [-0.39, 0.29) is 17.1 Å². The Balaban J connectivity index is 1.83. The van der Waals surface area contributed by atoms with Crippen LogP contribution < -0.4 is 10.5 Å². The molecule has 0 saturated carbocycles. The molecule has 154 valence electrons. The van der Waals surface area contributed by atoms with Gasteiger partial charge in [-0.25, -0.2) is 18.5 Å². The molecule has 0 fully saturated rings.